The maximum Gasteiger partial charge on any atom is 1.00 e. The molecule has 2 fully saturated rings. The van der Waals surface area contributed by atoms with Crippen molar-refractivity contribution < 1.29 is 87.1 Å². The molecule has 0 radical (unpaired) electrons. The van der Waals surface area contributed by atoms with Gasteiger partial charge in [-0.3, -0.25) is 14.4 Å². The third kappa shape index (κ3) is 19.8. The Morgan fingerprint density at radius 1 is 0.886 bits per heavy atom. The largest absolute Gasteiger partial charge is 1.00 e. The van der Waals surface area contributed by atoms with E-state index in [2.05, 4.69) is 30.6 Å². The van der Waals surface area contributed by atoms with Crippen LogP contribution in [0.4, 0.5) is 0 Å². The van der Waals surface area contributed by atoms with Crippen molar-refractivity contribution in [2.24, 2.45) is 5.92 Å². The van der Waals surface area contributed by atoms with Crippen molar-refractivity contribution >= 4 is 35.6 Å². The molecule has 0 spiro atoms. The maximum atomic E-state index is 11.3. The molecule has 13 heteroatoms. The van der Waals surface area contributed by atoms with Gasteiger partial charge in [-0.25, -0.2) is 14.4 Å². The zero-order chi connectivity index (χ0) is 26.4. The SMILES string of the molecule is CCOC(=O)C(=O)C1CCCOC1=O.CC[O-].O=C1CCCCO1.[CH2+]COC(=O)C(=O)OCC.[Na+]. The Hall–Kier alpha value is -2.15. The number of rotatable bonds is 5. The minimum Gasteiger partial charge on any atom is -0.855 e. The van der Waals surface area contributed by atoms with E-state index in [9.17, 15) is 28.8 Å². The summed E-state index contributed by atoms with van der Waals surface area (Å²) in [6, 6.07) is 0. The summed E-state index contributed by atoms with van der Waals surface area (Å²) in [6.07, 6.45) is 3.67. The predicted molar refractivity (Wildman–Crippen MR) is 114 cm³/mol. The van der Waals surface area contributed by atoms with Crippen molar-refractivity contribution in [1.82, 2.24) is 0 Å². The molecule has 0 aliphatic carbocycles. The number of esters is 5. The smallest absolute Gasteiger partial charge is 0.855 e. The second-order valence-corrected chi connectivity index (χ2v) is 6.27. The van der Waals surface area contributed by atoms with Crippen LogP contribution in [0.15, 0.2) is 0 Å². The molecule has 12 nitrogen and oxygen atoms in total. The van der Waals surface area contributed by atoms with E-state index in [4.69, 9.17) is 5.11 Å². The molecule has 0 N–H and O–H groups in total. The van der Waals surface area contributed by atoms with Crippen LogP contribution in [-0.2, 0) is 52.5 Å². The zero-order valence-corrected chi connectivity index (χ0v) is 23.0. The first-order valence-electron chi connectivity index (χ1n) is 10.9. The van der Waals surface area contributed by atoms with Crippen LogP contribution < -0.4 is 34.7 Å². The van der Waals surface area contributed by atoms with Crippen LogP contribution in [0.5, 0.6) is 0 Å². The Morgan fingerprint density at radius 3 is 1.80 bits per heavy atom. The fraction of sp³-hybridized carbons (Fsp3) is 0.682. The van der Waals surface area contributed by atoms with Gasteiger partial charge in [-0.05, 0) is 39.5 Å². The molecule has 0 bridgehead atoms. The molecule has 2 aliphatic heterocycles. The number of carbonyl (C=O) groups excluding carboxylic acids is 6. The van der Waals surface area contributed by atoms with E-state index in [0.717, 1.165) is 12.8 Å². The number of cyclic esters (lactones) is 2. The van der Waals surface area contributed by atoms with Crippen LogP contribution in [-0.4, -0.2) is 75.3 Å². The van der Waals surface area contributed by atoms with Crippen molar-refractivity contribution in [3.63, 3.8) is 0 Å². The van der Waals surface area contributed by atoms with Crippen molar-refractivity contribution in [2.75, 3.05) is 39.6 Å². The van der Waals surface area contributed by atoms with Gasteiger partial charge < -0.3 is 28.8 Å². The summed E-state index contributed by atoms with van der Waals surface area (Å²) in [5, 5.41) is 8.93. The third-order valence-corrected chi connectivity index (χ3v) is 3.67. The van der Waals surface area contributed by atoms with Crippen molar-refractivity contribution in [3.8, 4) is 0 Å². The number of hydrogen-bond acceptors (Lipinski definition) is 12. The molecule has 0 saturated carbocycles. The summed E-state index contributed by atoms with van der Waals surface area (Å²) < 4.78 is 22.4. The Morgan fingerprint density at radius 2 is 1.40 bits per heavy atom. The van der Waals surface area contributed by atoms with Gasteiger partial charge in [-0.1, -0.05) is 6.92 Å². The van der Waals surface area contributed by atoms with Gasteiger partial charge in [-0.15, -0.1) is 6.61 Å². The number of ketones is 1. The summed E-state index contributed by atoms with van der Waals surface area (Å²) in [6.45, 7) is 9.20. The average molecular weight is 513 g/mol. The fourth-order valence-corrected chi connectivity index (χ4v) is 2.23. The molecule has 0 aromatic heterocycles. The Kier molecular flexibility index (Phi) is 26.7. The number of ether oxygens (including phenoxy) is 5. The fourth-order valence-electron chi connectivity index (χ4n) is 2.23. The summed E-state index contributed by atoms with van der Waals surface area (Å²) in [5.41, 5.74) is 0. The summed E-state index contributed by atoms with van der Waals surface area (Å²) in [4.78, 5) is 64.5. The van der Waals surface area contributed by atoms with E-state index < -0.39 is 35.6 Å². The van der Waals surface area contributed by atoms with Crippen LogP contribution in [0, 0.1) is 12.8 Å². The van der Waals surface area contributed by atoms with Crippen LogP contribution >= 0.6 is 0 Å². The molecule has 2 aliphatic rings. The van der Waals surface area contributed by atoms with Gasteiger partial charge in [-0.2, -0.15) is 0 Å². The second kappa shape index (κ2) is 25.0. The van der Waals surface area contributed by atoms with Crippen molar-refractivity contribution in [1.29, 1.82) is 0 Å². The second-order valence-electron chi connectivity index (χ2n) is 6.27. The first-order chi connectivity index (χ1) is 16.2. The van der Waals surface area contributed by atoms with Gasteiger partial charge in [0.05, 0.1) is 26.4 Å². The molecule has 1 atom stereocenters. The first kappa shape index (κ1) is 37.4. The topological polar surface area (TPSA) is 172 Å². The third-order valence-electron chi connectivity index (χ3n) is 3.67. The number of hydrogen-bond donors (Lipinski definition) is 0. The van der Waals surface area contributed by atoms with Gasteiger partial charge in [0, 0.05) is 6.42 Å². The van der Waals surface area contributed by atoms with Gasteiger partial charge in [0.2, 0.25) is 6.61 Å². The van der Waals surface area contributed by atoms with Gasteiger partial charge in [0.25, 0.3) is 5.78 Å². The molecule has 1 unspecified atom stereocenters. The maximum absolute atomic E-state index is 11.3. The molecule has 194 valence electrons. The van der Waals surface area contributed by atoms with E-state index in [0.29, 0.717) is 32.5 Å². The molecule has 2 saturated heterocycles. The molecule has 35 heavy (non-hydrogen) atoms. The van der Waals surface area contributed by atoms with Crippen LogP contribution in [0.25, 0.3) is 0 Å². The molecule has 0 amide bonds. The Labute approximate surface area is 227 Å². The van der Waals surface area contributed by atoms with E-state index in [1.807, 2.05) is 0 Å². The van der Waals surface area contributed by atoms with E-state index in [1.54, 1.807) is 20.8 Å². The summed E-state index contributed by atoms with van der Waals surface area (Å²) in [5.74, 6) is -5.31. The van der Waals surface area contributed by atoms with Crippen molar-refractivity contribution in [3.05, 3.63) is 6.92 Å². The van der Waals surface area contributed by atoms with Crippen LogP contribution in [0.3, 0.4) is 0 Å². The molecular formula is C22H34NaO12+. The van der Waals surface area contributed by atoms with E-state index in [-0.39, 0.29) is 62.0 Å². The first-order valence-corrected chi connectivity index (χ1v) is 10.9. The van der Waals surface area contributed by atoms with Gasteiger partial charge >= 0.3 is 59.4 Å². The standard InChI is InChI=1S/C9H12O5.C6H9O4.C5H8O2.C2H5O.Na/c1-2-13-9(12)7(10)6-4-3-5-14-8(6)11;1-3-9-5(7)6(8)10-4-2;6-5-3-1-2-4-7-5;1-2-3;/h6H,2-5H2,1H3;1,3-4H2,2H3;1-4H2;2H2,1H3;/q;+1;;-1;+1. The van der Waals surface area contributed by atoms with Gasteiger partial charge in [0.15, 0.2) is 0 Å². The van der Waals surface area contributed by atoms with Crippen LogP contribution in [0.2, 0.25) is 0 Å². The predicted octanol–water partition coefficient (Wildman–Crippen LogP) is -2.92. The quantitative estimate of drug-likeness (QED) is 0.0917. The minimum absolute atomic E-state index is 0. The normalized spacial score (nSPS) is 15.7. The molecule has 0 aromatic carbocycles. The molecule has 0 aromatic rings. The number of Topliss-reactive ketones (excluding diaryl/α,β-unsaturated/α-hetero) is 1. The molecule has 2 heterocycles. The summed E-state index contributed by atoms with van der Waals surface area (Å²) >= 11 is 0. The molecule has 2 rings (SSSR count). The Bertz CT molecular complexity index is 626. The van der Waals surface area contributed by atoms with E-state index in [1.165, 1.54) is 0 Å². The van der Waals surface area contributed by atoms with Crippen molar-refractivity contribution in [2.45, 2.75) is 52.9 Å². The Balaban J connectivity index is -0.000000429. The van der Waals surface area contributed by atoms with E-state index >= 15 is 0 Å². The molecular weight excluding hydrogens is 479 g/mol. The average Bonchev–Trinajstić information content (AvgIpc) is 2.81. The monoisotopic (exact) mass is 513 g/mol. The van der Waals surface area contributed by atoms with Gasteiger partial charge in [0.1, 0.15) is 12.8 Å². The number of carbonyl (C=O) groups is 6. The zero-order valence-electron chi connectivity index (χ0n) is 21.0. The minimum atomic E-state index is -0.989. The summed E-state index contributed by atoms with van der Waals surface area (Å²) in [7, 11) is 0. The van der Waals surface area contributed by atoms with Crippen LogP contribution in [0.1, 0.15) is 52.9 Å².